The highest BCUT2D eigenvalue weighted by Gasteiger charge is 2.31. The van der Waals surface area contributed by atoms with Crippen LogP contribution >= 0.6 is 0 Å². The maximum Gasteiger partial charge on any atom is 0.291 e. The molecule has 0 spiro atoms. The van der Waals surface area contributed by atoms with Crippen molar-refractivity contribution in [3.63, 3.8) is 0 Å². The number of aromatic amines is 1. The number of benzene rings is 2. The van der Waals surface area contributed by atoms with Gasteiger partial charge in [0.1, 0.15) is 29.8 Å². The van der Waals surface area contributed by atoms with Crippen molar-refractivity contribution < 1.29 is 19.4 Å². The average Bonchev–Trinajstić information content (AvgIpc) is 3.25. The van der Waals surface area contributed by atoms with Crippen LogP contribution in [0.15, 0.2) is 42.5 Å². The van der Waals surface area contributed by atoms with Crippen molar-refractivity contribution in [2.75, 3.05) is 18.6 Å². The molecule has 0 radical (unpaired) electrons. The van der Waals surface area contributed by atoms with Gasteiger partial charge in [-0.05, 0) is 44.5 Å². The number of anilines is 1. The predicted octanol–water partition coefficient (Wildman–Crippen LogP) is 1.98. The molecule has 35 heavy (non-hydrogen) atoms. The highest BCUT2D eigenvalue weighted by molar-refractivity contribution is 6.02. The van der Waals surface area contributed by atoms with E-state index in [2.05, 4.69) is 32.3 Å². The number of H-pyrrole nitrogens is 1. The average molecular weight is 474 g/mol. The summed E-state index contributed by atoms with van der Waals surface area (Å²) in [6.07, 6.45) is 0.503. The number of ether oxygens (including phenoxy) is 1. The second-order valence-corrected chi connectivity index (χ2v) is 8.99. The predicted molar refractivity (Wildman–Crippen MR) is 130 cm³/mol. The van der Waals surface area contributed by atoms with Gasteiger partial charge in [0.05, 0.1) is 5.69 Å². The Morgan fingerprint density at radius 3 is 2.74 bits per heavy atom. The molecule has 9 heteroatoms. The van der Waals surface area contributed by atoms with Gasteiger partial charge in [-0.3, -0.25) is 14.7 Å². The largest absolute Gasteiger partial charge is 0.489 e. The Morgan fingerprint density at radius 1 is 1.29 bits per heavy atom. The Balaban J connectivity index is 1.45. The van der Waals surface area contributed by atoms with Crippen LogP contribution in [0.5, 0.6) is 5.75 Å². The summed E-state index contributed by atoms with van der Waals surface area (Å²) in [5, 5.41) is 19.3. The van der Waals surface area contributed by atoms with E-state index in [1.54, 1.807) is 39.1 Å². The topological polar surface area (TPSA) is 120 Å². The van der Waals surface area contributed by atoms with Gasteiger partial charge in [-0.15, -0.1) is 5.10 Å². The molecule has 0 aliphatic carbocycles. The fraction of sp³-hybridized carbons (Fsp3) is 0.308. The molecule has 180 valence electrons. The Labute approximate surface area is 203 Å². The molecule has 0 saturated carbocycles. The second-order valence-electron chi connectivity index (χ2n) is 8.99. The Morgan fingerprint density at radius 2 is 2.03 bits per heavy atom. The van der Waals surface area contributed by atoms with E-state index in [1.165, 1.54) is 4.90 Å². The number of amides is 2. The molecule has 3 N–H and O–H groups in total. The molecule has 0 saturated heterocycles. The van der Waals surface area contributed by atoms with Crippen LogP contribution in [0.1, 0.15) is 47.0 Å². The Bertz CT molecular complexity index is 1310. The molecule has 4 rings (SSSR count). The summed E-state index contributed by atoms with van der Waals surface area (Å²) in [6.45, 7) is 5.15. The number of likely N-dealkylation sites (N-methyl/N-ethyl adjacent to an activating group) is 1. The number of fused-ring (bicyclic) bond motifs is 1. The van der Waals surface area contributed by atoms with Gasteiger partial charge >= 0.3 is 0 Å². The van der Waals surface area contributed by atoms with E-state index >= 15 is 0 Å². The molecule has 0 unspecified atom stereocenters. The molecule has 1 aliphatic rings. The number of aryl methyl sites for hydroxylation is 1. The molecule has 1 aromatic heterocycles. The van der Waals surface area contributed by atoms with Crippen molar-refractivity contribution >= 4 is 17.5 Å². The quantitative estimate of drug-likeness (QED) is 0.499. The monoisotopic (exact) mass is 473 g/mol. The summed E-state index contributed by atoms with van der Waals surface area (Å²) in [7, 11) is 1.61. The lowest BCUT2D eigenvalue weighted by Crippen LogP contribution is -2.49. The van der Waals surface area contributed by atoms with E-state index < -0.39 is 17.6 Å². The van der Waals surface area contributed by atoms with E-state index in [9.17, 15) is 14.7 Å². The fourth-order valence-corrected chi connectivity index (χ4v) is 3.50. The first kappa shape index (κ1) is 24.0. The van der Waals surface area contributed by atoms with Crippen molar-refractivity contribution in [3.8, 4) is 17.6 Å². The summed E-state index contributed by atoms with van der Waals surface area (Å²) < 4.78 is 5.81. The number of hydrogen-bond donors (Lipinski definition) is 3. The zero-order valence-electron chi connectivity index (χ0n) is 20.0. The van der Waals surface area contributed by atoms with Gasteiger partial charge in [-0.25, -0.2) is 4.98 Å². The highest BCUT2D eigenvalue weighted by Crippen LogP contribution is 2.31. The second kappa shape index (κ2) is 9.60. The van der Waals surface area contributed by atoms with E-state index in [1.807, 2.05) is 31.2 Å². The number of hydrogen-bond acceptors (Lipinski definition) is 6. The van der Waals surface area contributed by atoms with Crippen molar-refractivity contribution in [3.05, 3.63) is 70.8 Å². The van der Waals surface area contributed by atoms with Crippen LogP contribution < -0.4 is 15.0 Å². The van der Waals surface area contributed by atoms with Crippen LogP contribution in [-0.2, 0) is 11.2 Å². The number of rotatable bonds is 4. The third-order valence-electron chi connectivity index (χ3n) is 5.40. The summed E-state index contributed by atoms with van der Waals surface area (Å²) in [6, 6.07) is 12.3. The molecular weight excluding hydrogens is 446 g/mol. The third-order valence-corrected chi connectivity index (χ3v) is 5.40. The van der Waals surface area contributed by atoms with Gasteiger partial charge in [0.25, 0.3) is 11.8 Å². The minimum Gasteiger partial charge on any atom is -0.489 e. The number of nitrogens with zero attached hydrogens (tertiary/aromatic N) is 3. The molecule has 0 bridgehead atoms. The first-order valence-electron chi connectivity index (χ1n) is 11.2. The number of nitrogens with one attached hydrogen (secondary N) is 2. The zero-order chi connectivity index (χ0) is 25.2. The lowest BCUT2D eigenvalue weighted by atomic mass is 10.1. The molecular formula is C26H27N5O4. The van der Waals surface area contributed by atoms with E-state index in [0.29, 0.717) is 29.2 Å². The fourth-order valence-electron chi connectivity index (χ4n) is 3.50. The van der Waals surface area contributed by atoms with E-state index in [-0.39, 0.29) is 18.3 Å². The molecule has 0 fully saturated rings. The van der Waals surface area contributed by atoms with Gasteiger partial charge in [0.2, 0.25) is 5.82 Å². The van der Waals surface area contributed by atoms with E-state index in [0.717, 1.165) is 11.1 Å². The van der Waals surface area contributed by atoms with Crippen molar-refractivity contribution in [1.29, 1.82) is 0 Å². The molecule has 2 amide bonds. The molecule has 9 nitrogen and oxygen atoms in total. The molecule has 1 aliphatic heterocycles. The van der Waals surface area contributed by atoms with Crippen molar-refractivity contribution in [1.82, 2.24) is 20.5 Å². The molecule has 2 heterocycles. The van der Waals surface area contributed by atoms with Gasteiger partial charge < -0.3 is 20.1 Å². The van der Waals surface area contributed by atoms with Crippen LogP contribution in [0.25, 0.3) is 0 Å². The summed E-state index contributed by atoms with van der Waals surface area (Å²) in [5.74, 6) is 5.71. The SMILES string of the molecule is Cc1ccc(Cc2nc(C(=O)N[C@H]3COc4ccc(C#CC(C)(C)O)cc4N(C)C3=O)n[nH]2)cc1. The van der Waals surface area contributed by atoms with Crippen LogP contribution in [0.3, 0.4) is 0 Å². The molecule has 1 atom stereocenters. The normalized spacial score (nSPS) is 15.4. The van der Waals surface area contributed by atoms with E-state index in [4.69, 9.17) is 4.74 Å². The standard InChI is InChI=1S/C26H27N5O4/c1-16-5-7-17(8-6-16)14-22-28-23(30-29-22)24(32)27-19-15-35-21-10-9-18(11-12-26(2,3)34)13-20(21)31(4)25(19)33/h5-10,13,19,34H,14-15H2,1-4H3,(H,27,32)(H,28,29,30)/t19-/m0/s1. The van der Waals surface area contributed by atoms with Crippen molar-refractivity contribution in [2.45, 2.75) is 38.8 Å². The lowest BCUT2D eigenvalue weighted by molar-refractivity contribution is -0.120. The Hall–Kier alpha value is -4.16. The summed E-state index contributed by atoms with van der Waals surface area (Å²) in [5.41, 5.74) is 2.20. The van der Waals surface area contributed by atoms with Gasteiger partial charge in [-0.2, -0.15) is 0 Å². The Kier molecular flexibility index (Phi) is 6.58. The lowest BCUT2D eigenvalue weighted by Gasteiger charge is -2.20. The maximum atomic E-state index is 13.1. The number of aliphatic hydroxyl groups is 1. The van der Waals surface area contributed by atoms with Gasteiger partial charge in [-0.1, -0.05) is 41.7 Å². The minimum atomic E-state index is -1.14. The number of aromatic nitrogens is 3. The zero-order valence-corrected chi connectivity index (χ0v) is 20.0. The first-order chi connectivity index (χ1) is 16.6. The number of carbonyl (C=O) groups excluding carboxylic acids is 2. The highest BCUT2D eigenvalue weighted by atomic mass is 16.5. The van der Waals surface area contributed by atoms with Crippen LogP contribution in [-0.4, -0.2) is 57.4 Å². The number of carbonyl (C=O) groups is 2. The van der Waals surface area contributed by atoms with Crippen molar-refractivity contribution in [2.24, 2.45) is 0 Å². The smallest absolute Gasteiger partial charge is 0.291 e. The maximum absolute atomic E-state index is 13.1. The van der Waals surface area contributed by atoms with Gasteiger partial charge in [0, 0.05) is 19.0 Å². The van der Waals surface area contributed by atoms with Crippen LogP contribution in [0, 0.1) is 18.8 Å². The minimum absolute atomic E-state index is 0.0444. The third kappa shape index (κ3) is 5.86. The van der Waals surface area contributed by atoms with Gasteiger partial charge in [0.15, 0.2) is 0 Å². The molecule has 3 aromatic rings. The van der Waals surface area contributed by atoms with Crippen LogP contribution in [0.4, 0.5) is 5.69 Å². The summed E-state index contributed by atoms with van der Waals surface area (Å²) in [4.78, 5) is 31.5. The first-order valence-corrected chi connectivity index (χ1v) is 11.2. The molecule has 2 aromatic carbocycles. The van der Waals surface area contributed by atoms with Crippen LogP contribution in [0.2, 0.25) is 0 Å². The summed E-state index contributed by atoms with van der Waals surface area (Å²) >= 11 is 0.